The molecule has 0 heterocycles. The van der Waals surface area contributed by atoms with Crippen molar-refractivity contribution in [1.29, 1.82) is 0 Å². The summed E-state index contributed by atoms with van der Waals surface area (Å²) in [5.74, 6) is -0.959. The number of benzene rings is 1. The minimum Gasteiger partial charge on any atom is -0.386 e. The first-order chi connectivity index (χ1) is 9.03. The first-order valence-electron chi connectivity index (χ1n) is 5.21. The van der Waals surface area contributed by atoms with Crippen LogP contribution in [0.3, 0.4) is 0 Å². The summed E-state index contributed by atoms with van der Waals surface area (Å²) in [6, 6.07) is 4.45. The smallest absolute Gasteiger partial charge is 0.386 e. The largest absolute Gasteiger partial charge is 0.423 e. The Labute approximate surface area is 108 Å². The van der Waals surface area contributed by atoms with Gasteiger partial charge in [-0.3, -0.25) is 0 Å². The van der Waals surface area contributed by atoms with E-state index >= 15 is 0 Å². The lowest BCUT2D eigenvalue weighted by atomic mass is 10.1. The van der Waals surface area contributed by atoms with Gasteiger partial charge in [0.2, 0.25) is 6.10 Å². The molecule has 0 radical (unpaired) electrons. The highest BCUT2D eigenvalue weighted by Crippen LogP contribution is 2.36. The Hall–Kier alpha value is -1.35. The summed E-state index contributed by atoms with van der Waals surface area (Å²) >= 11 is 0. The molecule has 1 N–H and O–H groups in total. The maximum absolute atomic E-state index is 13.2. The third kappa shape index (κ3) is 4.34. The molecule has 0 saturated heterocycles. The van der Waals surface area contributed by atoms with Crippen LogP contribution >= 0.6 is 0 Å². The van der Waals surface area contributed by atoms with Crippen molar-refractivity contribution in [3.63, 3.8) is 0 Å². The van der Waals surface area contributed by atoms with Crippen LogP contribution in [-0.4, -0.2) is 30.2 Å². The Kier molecular flexibility index (Phi) is 4.98. The lowest BCUT2D eigenvalue weighted by Crippen LogP contribution is -2.45. The molecular formula is C11H9F7O2. The second-order valence-corrected chi connectivity index (χ2v) is 3.83. The number of ether oxygens (including phenoxy) is 1. The van der Waals surface area contributed by atoms with Gasteiger partial charge in [0.1, 0.15) is 11.9 Å². The van der Waals surface area contributed by atoms with Gasteiger partial charge in [0, 0.05) is 5.56 Å². The molecule has 1 aromatic carbocycles. The van der Waals surface area contributed by atoms with Gasteiger partial charge in [-0.1, -0.05) is 18.2 Å². The van der Waals surface area contributed by atoms with Crippen LogP contribution in [0.15, 0.2) is 24.3 Å². The highest BCUT2D eigenvalue weighted by molar-refractivity contribution is 5.19. The van der Waals surface area contributed by atoms with Gasteiger partial charge in [-0.05, 0) is 6.07 Å². The second kappa shape index (κ2) is 5.96. The van der Waals surface area contributed by atoms with Crippen molar-refractivity contribution in [3.05, 3.63) is 35.6 Å². The van der Waals surface area contributed by atoms with E-state index in [0.717, 1.165) is 12.1 Å². The molecule has 0 aliphatic carbocycles. The van der Waals surface area contributed by atoms with Gasteiger partial charge in [-0.15, -0.1) is 0 Å². The Morgan fingerprint density at radius 1 is 1.00 bits per heavy atom. The topological polar surface area (TPSA) is 29.5 Å². The number of aliphatic hydroxyl groups excluding tert-OH is 1. The molecule has 20 heavy (non-hydrogen) atoms. The summed E-state index contributed by atoms with van der Waals surface area (Å²) in [4.78, 5) is 0. The lowest BCUT2D eigenvalue weighted by Gasteiger charge is -2.24. The zero-order chi connectivity index (χ0) is 15.6. The number of halogens is 7. The second-order valence-electron chi connectivity index (χ2n) is 3.83. The first kappa shape index (κ1) is 16.7. The number of aliphatic hydroxyl groups is 1. The standard InChI is InChI=1S/C11H9F7O2/c12-7-4-2-1-3-6(7)8(19)5-20-9(10(13,14)15)11(16,17)18/h1-4,8-9,19H,5H2. The Bertz CT molecular complexity index is 427. The fourth-order valence-electron chi connectivity index (χ4n) is 1.40. The summed E-state index contributed by atoms with van der Waals surface area (Å²) in [6.07, 6.45) is -17.3. The summed E-state index contributed by atoms with van der Waals surface area (Å²) < 4.78 is 89.7. The number of rotatable bonds is 4. The summed E-state index contributed by atoms with van der Waals surface area (Å²) in [5.41, 5.74) is -0.449. The van der Waals surface area contributed by atoms with Crippen molar-refractivity contribution < 1.29 is 40.6 Å². The van der Waals surface area contributed by atoms with Crippen molar-refractivity contribution in [2.24, 2.45) is 0 Å². The molecule has 0 aromatic heterocycles. The molecule has 9 heteroatoms. The first-order valence-corrected chi connectivity index (χ1v) is 5.21. The summed E-state index contributed by atoms with van der Waals surface area (Å²) in [6.45, 7) is -1.34. The molecular weight excluding hydrogens is 297 g/mol. The lowest BCUT2D eigenvalue weighted by molar-refractivity contribution is -0.324. The van der Waals surface area contributed by atoms with Gasteiger partial charge < -0.3 is 9.84 Å². The van der Waals surface area contributed by atoms with E-state index < -0.39 is 42.5 Å². The number of hydrogen-bond acceptors (Lipinski definition) is 2. The average Bonchev–Trinajstić information content (AvgIpc) is 2.25. The molecule has 2 nitrogen and oxygen atoms in total. The monoisotopic (exact) mass is 306 g/mol. The molecule has 0 aliphatic heterocycles. The molecule has 0 bridgehead atoms. The average molecular weight is 306 g/mol. The van der Waals surface area contributed by atoms with E-state index in [9.17, 15) is 35.8 Å². The zero-order valence-corrected chi connectivity index (χ0v) is 9.67. The maximum atomic E-state index is 13.2. The van der Waals surface area contributed by atoms with Gasteiger partial charge in [-0.2, -0.15) is 26.3 Å². The number of alkyl halides is 6. The molecule has 1 atom stereocenters. The predicted molar refractivity (Wildman–Crippen MR) is 53.2 cm³/mol. The normalized spacial score (nSPS) is 14.7. The molecule has 114 valence electrons. The van der Waals surface area contributed by atoms with Crippen molar-refractivity contribution in [3.8, 4) is 0 Å². The van der Waals surface area contributed by atoms with Crippen LogP contribution in [0.1, 0.15) is 11.7 Å². The maximum Gasteiger partial charge on any atom is 0.423 e. The molecule has 0 saturated carbocycles. The van der Waals surface area contributed by atoms with Crippen LogP contribution in [0.2, 0.25) is 0 Å². The zero-order valence-electron chi connectivity index (χ0n) is 9.67. The van der Waals surface area contributed by atoms with Crippen LogP contribution in [0.25, 0.3) is 0 Å². The van der Waals surface area contributed by atoms with Crippen LogP contribution in [0, 0.1) is 5.82 Å². The molecule has 1 aromatic rings. The fourth-order valence-corrected chi connectivity index (χ4v) is 1.40. The third-order valence-corrected chi connectivity index (χ3v) is 2.28. The predicted octanol–water partition coefficient (Wildman–Crippen LogP) is 3.37. The van der Waals surface area contributed by atoms with E-state index in [1.54, 1.807) is 0 Å². The quantitative estimate of drug-likeness (QED) is 0.864. The molecule has 1 rings (SSSR count). The minimum atomic E-state index is -5.67. The van der Waals surface area contributed by atoms with Crippen molar-refractivity contribution in [2.75, 3.05) is 6.61 Å². The van der Waals surface area contributed by atoms with E-state index in [1.807, 2.05) is 0 Å². The van der Waals surface area contributed by atoms with E-state index in [2.05, 4.69) is 4.74 Å². The summed E-state index contributed by atoms with van der Waals surface area (Å²) in [7, 11) is 0. The van der Waals surface area contributed by atoms with E-state index in [-0.39, 0.29) is 0 Å². The van der Waals surface area contributed by atoms with Gasteiger partial charge in [-0.25, -0.2) is 4.39 Å². The van der Waals surface area contributed by atoms with Crippen molar-refractivity contribution in [2.45, 2.75) is 24.6 Å². The van der Waals surface area contributed by atoms with Gasteiger partial charge in [0.25, 0.3) is 0 Å². The van der Waals surface area contributed by atoms with E-state index in [4.69, 9.17) is 0 Å². The Morgan fingerprint density at radius 2 is 1.50 bits per heavy atom. The Morgan fingerprint density at radius 3 is 1.95 bits per heavy atom. The van der Waals surface area contributed by atoms with Crippen LogP contribution in [-0.2, 0) is 4.74 Å². The van der Waals surface area contributed by atoms with Gasteiger partial charge in [0.05, 0.1) is 6.61 Å². The summed E-state index contributed by atoms with van der Waals surface area (Å²) in [5, 5.41) is 9.38. The van der Waals surface area contributed by atoms with Crippen LogP contribution in [0.4, 0.5) is 30.7 Å². The molecule has 0 aliphatic rings. The van der Waals surface area contributed by atoms with Crippen molar-refractivity contribution >= 4 is 0 Å². The molecule has 0 fully saturated rings. The molecule has 0 amide bonds. The highest BCUT2D eigenvalue weighted by atomic mass is 19.4. The minimum absolute atomic E-state index is 0.449. The SMILES string of the molecule is OC(COC(C(F)(F)F)C(F)(F)F)c1ccccc1F. The Balaban J connectivity index is 2.76. The molecule has 0 spiro atoms. The third-order valence-electron chi connectivity index (χ3n) is 2.28. The van der Waals surface area contributed by atoms with Crippen LogP contribution < -0.4 is 0 Å². The fraction of sp³-hybridized carbons (Fsp3) is 0.455. The van der Waals surface area contributed by atoms with Crippen LogP contribution in [0.5, 0.6) is 0 Å². The highest BCUT2D eigenvalue weighted by Gasteiger charge is 2.58. The van der Waals surface area contributed by atoms with Crippen molar-refractivity contribution in [1.82, 2.24) is 0 Å². The van der Waals surface area contributed by atoms with Gasteiger partial charge in [0.15, 0.2) is 0 Å². The molecule has 1 unspecified atom stereocenters. The van der Waals surface area contributed by atoms with Gasteiger partial charge >= 0.3 is 12.4 Å². The number of hydrogen-bond donors (Lipinski definition) is 1. The van der Waals surface area contributed by atoms with E-state index in [0.29, 0.717) is 0 Å². The van der Waals surface area contributed by atoms with E-state index in [1.165, 1.54) is 12.1 Å².